The van der Waals surface area contributed by atoms with Crippen molar-refractivity contribution in [3.63, 3.8) is 0 Å². The van der Waals surface area contributed by atoms with E-state index >= 15 is 0 Å². The zero-order valence-electron chi connectivity index (χ0n) is 11.7. The number of carbonyl (C=O) groups excluding carboxylic acids is 2. The SMILES string of the molecule is COc1ccc(C(=O)COC(=O)c2ccccc2[S-])cc1Br. The van der Waals surface area contributed by atoms with Crippen LogP contribution in [0, 0.1) is 0 Å². The van der Waals surface area contributed by atoms with Gasteiger partial charge in [-0.05, 0) is 40.2 Å². The van der Waals surface area contributed by atoms with Crippen LogP contribution in [-0.2, 0) is 17.4 Å². The van der Waals surface area contributed by atoms with Crippen LogP contribution in [0.15, 0.2) is 51.8 Å². The normalized spacial score (nSPS) is 10.1. The molecule has 0 saturated heterocycles. The van der Waals surface area contributed by atoms with Gasteiger partial charge >= 0.3 is 5.97 Å². The fourth-order valence-electron chi connectivity index (χ4n) is 1.77. The number of benzene rings is 2. The van der Waals surface area contributed by atoms with Crippen LogP contribution in [0.3, 0.4) is 0 Å². The van der Waals surface area contributed by atoms with Gasteiger partial charge in [-0.3, -0.25) is 4.79 Å². The topological polar surface area (TPSA) is 52.6 Å². The minimum atomic E-state index is -0.605. The summed E-state index contributed by atoms with van der Waals surface area (Å²) in [5.74, 6) is -0.293. The Balaban J connectivity index is 2.02. The van der Waals surface area contributed by atoms with Crippen molar-refractivity contribution >= 4 is 40.3 Å². The molecule has 0 aliphatic heterocycles. The molecule has 22 heavy (non-hydrogen) atoms. The summed E-state index contributed by atoms with van der Waals surface area (Å²) in [6.07, 6.45) is 0. The Kier molecular flexibility index (Phi) is 5.51. The Morgan fingerprint density at radius 2 is 1.91 bits per heavy atom. The predicted octanol–water partition coefficient (Wildman–Crippen LogP) is 3.40. The molecule has 2 aromatic carbocycles. The molecule has 0 saturated carbocycles. The fraction of sp³-hybridized carbons (Fsp3) is 0.125. The molecule has 0 atom stereocenters. The van der Waals surface area contributed by atoms with Crippen molar-refractivity contribution in [2.75, 3.05) is 13.7 Å². The van der Waals surface area contributed by atoms with Crippen LogP contribution in [0.2, 0.25) is 0 Å². The Morgan fingerprint density at radius 3 is 2.55 bits per heavy atom. The van der Waals surface area contributed by atoms with E-state index in [1.807, 2.05) is 0 Å². The first kappa shape index (κ1) is 16.5. The van der Waals surface area contributed by atoms with Gasteiger partial charge in [0.25, 0.3) is 0 Å². The van der Waals surface area contributed by atoms with E-state index in [-0.39, 0.29) is 18.0 Å². The fourth-order valence-corrected chi connectivity index (χ4v) is 2.54. The quantitative estimate of drug-likeness (QED) is 0.452. The van der Waals surface area contributed by atoms with Crippen LogP contribution in [0.5, 0.6) is 5.75 Å². The van der Waals surface area contributed by atoms with E-state index in [0.717, 1.165) is 0 Å². The standard InChI is InChI=1S/C16H13BrO4S/c1-20-14-7-6-10(8-12(14)17)13(18)9-21-16(19)11-4-2-3-5-15(11)22/h2-8,22H,9H2,1H3/p-1. The third kappa shape index (κ3) is 3.84. The summed E-state index contributed by atoms with van der Waals surface area (Å²) in [7, 11) is 1.54. The molecule has 0 N–H and O–H groups in total. The lowest BCUT2D eigenvalue weighted by molar-refractivity contribution is 0.0471. The molecular weight excluding hydrogens is 368 g/mol. The number of carbonyl (C=O) groups is 2. The van der Waals surface area contributed by atoms with Crippen LogP contribution in [0.4, 0.5) is 0 Å². The summed E-state index contributed by atoms with van der Waals surface area (Å²) in [5.41, 5.74) is 0.702. The zero-order valence-corrected chi connectivity index (χ0v) is 14.1. The number of ether oxygens (including phenoxy) is 2. The van der Waals surface area contributed by atoms with Gasteiger partial charge < -0.3 is 22.1 Å². The molecule has 0 bridgehead atoms. The lowest BCUT2D eigenvalue weighted by Gasteiger charge is -2.12. The van der Waals surface area contributed by atoms with E-state index in [1.54, 1.807) is 42.5 Å². The van der Waals surface area contributed by atoms with Gasteiger partial charge in [-0.2, -0.15) is 4.90 Å². The predicted molar refractivity (Wildman–Crippen MR) is 87.4 cm³/mol. The molecule has 2 aromatic rings. The largest absolute Gasteiger partial charge is 0.779 e. The minimum Gasteiger partial charge on any atom is -0.779 e. The summed E-state index contributed by atoms with van der Waals surface area (Å²) in [4.78, 5) is 24.3. The number of esters is 1. The van der Waals surface area contributed by atoms with Crippen LogP contribution >= 0.6 is 15.9 Å². The van der Waals surface area contributed by atoms with Crippen molar-refractivity contribution in [1.82, 2.24) is 0 Å². The first-order chi connectivity index (χ1) is 10.5. The Hall–Kier alpha value is -1.92. The Bertz CT molecular complexity index is 715. The molecule has 114 valence electrons. The van der Waals surface area contributed by atoms with E-state index < -0.39 is 5.97 Å². The second kappa shape index (κ2) is 7.38. The molecule has 2 rings (SSSR count). The number of methoxy groups -OCH3 is 1. The monoisotopic (exact) mass is 379 g/mol. The molecule has 6 heteroatoms. The smallest absolute Gasteiger partial charge is 0.337 e. The number of halogens is 1. The van der Waals surface area contributed by atoms with Crippen LogP contribution < -0.4 is 4.74 Å². The van der Waals surface area contributed by atoms with Gasteiger partial charge in [-0.25, -0.2) is 4.79 Å². The van der Waals surface area contributed by atoms with Crippen molar-refractivity contribution < 1.29 is 19.1 Å². The maximum Gasteiger partial charge on any atom is 0.337 e. The second-order valence-electron chi connectivity index (χ2n) is 4.34. The average Bonchev–Trinajstić information content (AvgIpc) is 2.52. The van der Waals surface area contributed by atoms with E-state index in [2.05, 4.69) is 15.9 Å². The van der Waals surface area contributed by atoms with Gasteiger partial charge in [0.1, 0.15) is 5.75 Å². The third-order valence-corrected chi connectivity index (χ3v) is 3.89. The summed E-state index contributed by atoms with van der Waals surface area (Å²) in [6.45, 7) is -0.346. The highest BCUT2D eigenvalue weighted by Crippen LogP contribution is 2.25. The zero-order chi connectivity index (χ0) is 16.1. The number of hydrogen-bond donors (Lipinski definition) is 0. The molecule has 0 heterocycles. The Morgan fingerprint density at radius 1 is 1.18 bits per heavy atom. The summed E-state index contributed by atoms with van der Waals surface area (Å²) >= 11 is 8.34. The van der Waals surface area contributed by atoms with Crippen LogP contribution in [0.25, 0.3) is 0 Å². The number of hydrogen-bond acceptors (Lipinski definition) is 5. The highest BCUT2D eigenvalue weighted by atomic mass is 79.9. The maximum atomic E-state index is 12.1. The first-order valence-electron chi connectivity index (χ1n) is 6.33. The van der Waals surface area contributed by atoms with Crippen LogP contribution in [-0.4, -0.2) is 25.5 Å². The van der Waals surface area contributed by atoms with Crippen molar-refractivity contribution in [3.8, 4) is 5.75 Å². The summed E-state index contributed by atoms with van der Waals surface area (Å²) in [5, 5.41) is 0. The van der Waals surface area contributed by atoms with Gasteiger partial charge in [0.15, 0.2) is 12.4 Å². The first-order valence-corrected chi connectivity index (χ1v) is 7.53. The average molecular weight is 380 g/mol. The molecule has 0 unspecified atom stereocenters. The van der Waals surface area contributed by atoms with Gasteiger partial charge in [-0.15, -0.1) is 0 Å². The molecule has 4 nitrogen and oxygen atoms in total. The molecular formula is C16H12BrO4S-. The highest BCUT2D eigenvalue weighted by Gasteiger charge is 2.13. The molecule has 0 aliphatic carbocycles. The Labute approximate surface area is 142 Å². The van der Waals surface area contributed by atoms with E-state index in [1.165, 1.54) is 7.11 Å². The number of ketones is 1. The van der Waals surface area contributed by atoms with E-state index in [0.29, 0.717) is 20.7 Å². The number of Topliss-reactive ketones (excluding diaryl/α,β-unsaturated/α-hetero) is 1. The van der Waals surface area contributed by atoms with E-state index in [4.69, 9.17) is 22.1 Å². The highest BCUT2D eigenvalue weighted by molar-refractivity contribution is 9.10. The van der Waals surface area contributed by atoms with Gasteiger partial charge in [-0.1, -0.05) is 18.2 Å². The lowest BCUT2D eigenvalue weighted by Crippen LogP contribution is -2.15. The maximum absolute atomic E-state index is 12.1. The third-order valence-electron chi connectivity index (χ3n) is 2.92. The van der Waals surface area contributed by atoms with Crippen molar-refractivity contribution in [3.05, 3.63) is 58.1 Å². The molecule has 0 radical (unpaired) electrons. The van der Waals surface area contributed by atoms with E-state index in [9.17, 15) is 9.59 Å². The summed E-state index contributed by atoms with van der Waals surface area (Å²) in [6, 6.07) is 11.5. The minimum absolute atomic E-state index is 0.279. The lowest BCUT2D eigenvalue weighted by atomic mass is 10.1. The van der Waals surface area contributed by atoms with Gasteiger partial charge in [0, 0.05) is 11.1 Å². The molecule has 0 fully saturated rings. The molecule has 0 spiro atoms. The number of rotatable bonds is 5. The van der Waals surface area contributed by atoms with Crippen molar-refractivity contribution in [1.29, 1.82) is 0 Å². The van der Waals surface area contributed by atoms with Crippen molar-refractivity contribution in [2.24, 2.45) is 0 Å². The molecule has 0 aromatic heterocycles. The van der Waals surface area contributed by atoms with Gasteiger partial charge in [0.2, 0.25) is 0 Å². The van der Waals surface area contributed by atoms with Crippen LogP contribution in [0.1, 0.15) is 20.7 Å². The molecule has 0 amide bonds. The second-order valence-corrected chi connectivity index (χ2v) is 5.64. The summed E-state index contributed by atoms with van der Waals surface area (Å²) < 4.78 is 10.8. The molecule has 0 aliphatic rings. The van der Waals surface area contributed by atoms with Crippen molar-refractivity contribution in [2.45, 2.75) is 4.90 Å². The van der Waals surface area contributed by atoms with Gasteiger partial charge in [0.05, 0.1) is 11.6 Å².